The lowest BCUT2D eigenvalue weighted by Gasteiger charge is -2.46. The number of esters is 1. The van der Waals surface area contributed by atoms with Gasteiger partial charge in [0.2, 0.25) is 11.6 Å². The highest BCUT2D eigenvalue weighted by Gasteiger charge is 2.47. The molecule has 0 aromatic rings. The number of nitrogens with zero attached hydrogens (tertiary/aromatic N) is 1. The first kappa shape index (κ1) is 36.7. The van der Waals surface area contributed by atoms with Crippen LogP contribution in [0.1, 0.15) is 67.2 Å². The van der Waals surface area contributed by atoms with Gasteiger partial charge in [-0.15, -0.1) is 0 Å². The van der Waals surface area contributed by atoms with E-state index in [1.807, 2.05) is 0 Å². The van der Waals surface area contributed by atoms with Crippen molar-refractivity contribution in [1.29, 1.82) is 0 Å². The smallest absolute Gasteiger partial charge is 0.308 e. The van der Waals surface area contributed by atoms with Gasteiger partial charge in [-0.1, -0.05) is 34.6 Å². The fraction of sp³-hybridized carbons (Fsp3) is 0.900. The maximum absolute atomic E-state index is 13.1. The van der Waals surface area contributed by atoms with Crippen LogP contribution in [0.25, 0.3) is 0 Å². The van der Waals surface area contributed by atoms with Gasteiger partial charge >= 0.3 is 5.97 Å². The van der Waals surface area contributed by atoms with Crippen LogP contribution in [0.5, 0.6) is 0 Å². The molecular weight excluding hydrogens is 550 g/mol. The first-order valence-electron chi connectivity index (χ1n) is 15.1. The summed E-state index contributed by atoms with van der Waals surface area (Å²) < 4.78 is 17.8. The number of aliphatic hydroxyl groups excluding tert-OH is 5. The third-order valence-electron chi connectivity index (χ3n) is 9.10. The van der Waals surface area contributed by atoms with E-state index in [-0.39, 0.29) is 25.9 Å². The first-order chi connectivity index (χ1) is 19.5. The second kappa shape index (κ2) is 16.0. The molecule has 12 heteroatoms. The molecule has 2 rings (SSSR count). The van der Waals surface area contributed by atoms with Crippen LogP contribution in [0.15, 0.2) is 0 Å². The van der Waals surface area contributed by atoms with Crippen LogP contribution in [0, 0.1) is 29.6 Å². The Bertz CT molecular complexity index is 900. The molecule has 0 saturated carbocycles. The van der Waals surface area contributed by atoms with E-state index < -0.39 is 102 Å². The van der Waals surface area contributed by atoms with Crippen LogP contribution < -0.4 is 0 Å². The molecule has 2 heterocycles. The van der Waals surface area contributed by atoms with E-state index in [0.29, 0.717) is 6.42 Å². The standard InChI is InChI=1S/C30H53NO11/c1-9-21-19(13-32)11-15(3)25(36)28(39)24(35)14(2)10-16(4)29(17(5)20(33)12-22(34)41-21)42-30-27(38)23(31(7)8)26(37)18(6)40-30/h14-21,23,25-27,29-30,32-33,36-38H,9-13H2,1-8H3/t14-,15?,16+,17+,18?,19-,20-,21-,23?,25?,26?,27?,29+,30?/m1/s1. The Balaban J connectivity index is 2.45. The Morgan fingerprint density at radius 3 is 2.07 bits per heavy atom. The highest BCUT2D eigenvalue weighted by molar-refractivity contribution is 6.39. The lowest BCUT2D eigenvalue weighted by molar-refractivity contribution is -0.303. The summed E-state index contributed by atoms with van der Waals surface area (Å²) in [5.41, 5.74) is 0. The third-order valence-corrected chi connectivity index (χ3v) is 9.10. The number of cyclic esters (lactones) is 1. The van der Waals surface area contributed by atoms with Crippen molar-refractivity contribution < 1.29 is 54.1 Å². The molecule has 0 aliphatic carbocycles. The van der Waals surface area contributed by atoms with Crippen LogP contribution in [0.4, 0.5) is 0 Å². The van der Waals surface area contributed by atoms with Gasteiger partial charge in [0.05, 0.1) is 36.9 Å². The van der Waals surface area contributed by atoms with E-state index in [2.05, 4.69) is 0 Å². The number of Topliss-reactive ketones (excluding diaryl/α,β-unsaturated/α-hetero) is 2. The first-order valence-corrected chi connectivity index (χ1v) is 15.1. The average molecular weight is 604 g/mol. The monoisotopic (exact) mass is 603 g/mol. The second-order valence-corrected chi connectivity index (χ2v) is 12.8. The summed E-state index contributed by atoms with van der Waals surface area (Å²) in [7, 11) is 3.42. The zero-order chi connectivity index (χ0) is 32.0. The molecule has 0 spiro atoms. The Kier molecular flexibility index (Phi) is 14.0. The molecule has 7 unspecified atom stereocenters. The van der Waals surface area contributed by atoms with Crippen molar-refractivity contribution in [3.63, 3.8) is 0 Å². The average Bonchev–Trinajstić information content (AvgIpc) is 2.93. The summed E-state index contributed by atoms with van der Waals surface area (Å²) in [4.78, 5) is 40.7. The lowest BCUT2D eigenvalue weighted by Crippen LogP contribution is -2.63. The van der Waals surface area contributed by atoms with Crippen molar-refractivity contribution in [2.24, 2.45) is 29.6 Å². The molecule has 2 saturated heterocycles. The van der Waals surface area contributed by atoms with E-state index in [4.69, 9.17) is 14.2 Å². The Labute approximate surface area is 249 Å². The van der Waals surface area contributed by atoms with Gasteiger partial charge in [-0.05, 0) is 52.1 Å². The van der Waals surface area contributed by atoms with E-state index in [0.717, 1.165) is 0 Å². The maximum Gasteiger partial charge on any atom is 0.308 e. The van der Waals surface area contributed by atoms with Crippen LogP contribution in [-0.2, 0) is 28.6 Å². The molecule has 12 nitrogen and oxygen atoms in total. The molecule has 2 fully saturated rings. The Morgan fingerprint density at radius 1 is 0.905 bits per heavy atom. The summed E-state index contributed by atoms with van der Waals surface area (Å²) in [6.07, 6.45) is -8.25. The number of hydrogen-bond acceptors (Lipinski definition) is 12. The van der Waals surface area contributed by atoms with E-state index in [1.165, 1.54) is 0 Å². The number of rotatable bonds is 5. The fourth-order valence-electron chi connectivity index (χ4n) is 6.37. The zero-order valence-corrected chi connectivity index (χ0v) is 26.3. The van der Waals surface area contributed by atoms with E-state index in [1.54, 1.807) is 60.5 Å². The summed E-state index contributed by atoms with van der Waals surface area (Å²) in [5.74, 6) is -5.60. The van der Waals surface area contributed by atoms with Crippen molar-refractivity contribution in [3.8, 4) is 0 Å². The van der Waals surface area contributed by atoms with Crippen LogP contribution in [0.3, 0.4) is 0 Å². The van der Waals surface area contributed by atoms with Crippen LogP contribution >= 0.6 is 0 Å². The molecule has 0 aromatic heterocycles. The number of aliphatic hydroxyl groups is 5. The molecule has 2 aliphatic rings. The minimum atomic E-state index is -1.58. The topological polar surface area (TPSA) is 183 Å². The molecule has 5 N–H and O–H groups in total. The molecule has 0 bridgehead atoms. The van der Waals surface area contributed by atoms with Crippen molar-refractivity contribution >= 4 is 17.5 Å². The minimum absolute atomic E-state index is 0.146. The summed E-state index contributed by atoms with van der Waals surface area (Å²) in [6, 6.07) is -0.706. The number of ketones is 2. The predicted molar refractivity (Wildman–Crippen MR) is 152 cm³/mol. The number of carbonyl (C=O) groups excluding carboxylic acids is 3. The van der Waals surface area contributed by atoms with Gasteiger partial charge in [-0.2, -0.15) is 0 Å². The van der Waals surface area contributed by atoms with Gasteiger partial charge in [0.15, 0.2) is 6.29 Å². The van der Waals surface area contributed by atoms with E-state index in [9.17, 15) is 39.9 Å². The van der Waals surface area contributed by atoms with Gasteiger partial charge in [0, 0.05) is 24.4 Å². The minimum Gasteiger partial charge on any atom is -0.462 e. The molecule has 2 aliphatic heterocycles. The highest BCUT2D eigenvalue weighted by Crippen LogP contribution is 2.33. The highest BCUT2D eigenvalue weighted by atomic mass is 16.7. The predicted octanol–water partition coefficient (Wildman–Crippen LogP) is 0.287. The van der Waals surface area contributed by atoms with Crippen LogP contribution in [-0.4, -0.2) is 124 Å². The van der Waals surface area contributed by atoms with E-state index >= 15 is 0 Å². The molecule has 0 aromatic carbocycles. The van der Waals surface area contributed by atoms with Gasteiger partial charge in [-0.25, -0.2) is 0 Å². The van der Waals surface area contributed by atoms with Gasteiger partial charge in [0.25, 0.3) is 0 Å². The lowest BCUT2D eigenvalue weighted by atomic mass is 9.80. The number of carbonyl (C=O) groups is 3. The molecule has 0 radical (unpaired) electrons. The third kappa shape index (κ3) is 8.78. The number of hydrogen-bond donors (Lipinski definition) is 5. The number of ether oxygens (including phenoxy) is 3. The Hall–Kier alpha value is -1.51. The Morgan fingerprint density at radius 2 is 1.52 bits per heavy atom. The summed E-state index contributed by atoms with van der Waals surface area (Å²) in [5, 5.41) is 53.6. The molecular formula is C30H53NO11. The maximum atomic E-state index is 13.1. The molecule has 42 heavy (non-hydrogen) atoms. The molecule has 0 amide bonds. The van der Waals surface area contributed by atoms with Crippen molar-refractivity contribution in [1.82, 2.24) is 4.90 Å². The zero-order valence-electron chi connectivity index (χ0n) is 26.3. The summed E-state index contributed by atoms with van der Waals surface area (Å²) >= 11 is 0. The second-order valence-electron chi connectivity index (χ2n) is 12.8. The van der Waals surface area contributed by atoms with Crippen molar-refractivity contribution in [2.45, 2.75) is 122 Å². The SMILES string of the molecule is CC[C@H]1OC(=O)C[C@@H](O)[C@H](C)[C@@H](OC2OC(C)C(O)C(N(C)C)C2O)[C@@H](C)C[C@@H](C)C(=O)C(=O)C(O)C(C)C[C@@H]1CO. The molecule has 244 valence electrons. The molecule has 14 atom stereocenters. The quantitative estimate of drug-likeness (QED) is 0.214. The van der Waals surface area contributed by atoms with Crippen LogP contribution in [0.2, 0.25) is 0 Å². The largest absolute Gasteiger partial charge is 0.462 e. The van der Waals surface area contributed by atoms with Gasteiger partial charge < -0.3 is 44.6 Å². The normalized spacial score (nSPS) is 43.8. The van der Waals surface area contributed by atoms with Crippen molar-refractivity contribution in [3.05, 3.63) is 0 Å². The van der Waals surface area contributed by atoms with Gasteiger partial charge in [0.1, 0.15) is 18.3 Å². The fourth-order valence-corrected chi connectivity index (χ4v) is 6.37. The van der Waals surface area contributed by atoms with Gasteiger partial charge in [-0.3, -0.25) is 14.4 Å². The number of likely N-dealkylation sites (N-methyl/N-ethyl adjacent to an activating group) is 1. The van der Waals surface area contributed by atoms with Crippen molar-refractivity contribution in [2.75, 3.05) is 20.7 Å². The summed E-state index contributed by atoms with van der Waals surface area (Å²) in [6.45, 7) is 9.71.